The Kier molecular flexibility index (Phi) is 6.10. The summed E-state index contributed by atoms with van der Waals surface area (Å²) in [5, 5.41) is 0. The minimum atomic E-state index is 0.436. The van der Waals surface area contributed by atoms with Crippen molar-refractivity contribution in [2.24, 2.45) is 11.8 Å². The predicted molar refractivity (Wildman–Crippen MR) is 55.8 cm³/mol. The van der Waals surface area contributed by atoms with Crippen molar-refractivity contribution in [1.29, 1.82) is 0 Å². The van der Waals surface area contributed by atoms with Crippen molar-refractivity contribution < 1.29 is 9.47 Å². The molecule has 4 heteroatoms. The van der Waals surface area contributed by atoms with Crippen LogP contribution in [0.2, 0.25) is 0 Å². The number of methoxy groups -OCH3 is 1. The van der Waals surface area contributed by atoms with E-state index in [-0.39, 0.29) is 0 Å². The van der Waals surface area contributed by atoms with Gasteiger partial charge in [0.15, 0.2) is 0 Å². The van der Waals surface area contributed by atoms with Crippen molar-refractivity contribution in [1.82, 2.24) is 5.43 Å². The molecule has 1 rings (SSSR count). The molecule has 1 unspecified atom stereocenters. The van der Waals surface area contributed by atoms with Crippen LogP contribution in [-0.4, -0.2) is 33.0 Å². The van der Waals surface area contributed by atoms with Crippen LogP contribution in [0.3, 0.4) is 0 Å². The second-order valence-corrected chi connectivity index (χ2v) is 3.86. The van der Waals surface area contributed by atoms with Gasteiger partial charge in [0, 0.05) is 19.8 Å². The van der Waals surface area contributed by atoms with Crippen LogP contribution in [0.5, 0.6) is 0 Å². The molecule has 0 bridgehead atoms. The van der Waals surface area contributed by atoms with Crippen LogP contribution in [0, 0.1) is 5.92 Å². The van der Waals surface area contributed by atoms with Crippen LogP contribution in [-0.2, 0) is 9.47 Å². The monoisotopic (exact) mass is 202 g/mol. The molecule has 3 N–H and O–H groups in total. The number of nitrogens with two attached hydrogens (primary N) is 1. The molecule has 0 spiro atoms. The molecule has 4 nitrogen and oxygen atoms in total. The molecule has 1 atom stereocenters. The number of rotatable bonds is 8. The Balaban J connectivity index is 1.97. The molecule has 0 aromatic carbocycles. The van der Waals surface area contributed by atoms with Gasteiger partial charge in [-0.2, -0.15) is 0 Å². The van der Waals surface area contributed by atoms with E-state index in [0.29, 0.717) is 19.3 Å². The standard InChI is InChI=1S/C10H22N2O2/c1-13-7-8-14-6-5-10(12-11)9-3-2-4-9/h9-10,12H,2-8,11H2,1H3. The Bertz CT molecular complexity index is 140. The van der Waals surface area contributed by atoms with Crippen molar-refractivity contribution in [3.05, 3.63) is 0 Å². The van der Waals surface area contributed by atoms with Gasteiger partial charge in [-0.05, 0) is 25.2 Å². The van der Waals surface area contributed by atoms with E-state index >= 15 is 0 Å². The van der Waals surface area contributed by atoms with E-state index in [1.165, 1.54) is 19.3 Å². The maximum atomic E-state index is 5.49. The SMILES string of the molecule is COCCOCCC(NN)C1CCC1. The predicted octanol–water partition coefficient (Wildman–Crippen LogP) is 0.671. The van der Waals surface area contributed by atoms with Crippen molar-refractivity contribution in [3.8, 4) is 0 Å². The number of nitrogens with one attached hydrogen (secondary N) is 1. The minimum absolute atomic E-state index is 0.436. The van der Waals surface area contributed by atoms with Gasteiger partial charge in [-0.1, -0.05) is 6.42 Å². The highest BCUT2D eigenvalue weighted by Crippen LogP contribution is 2.30. The maximum Gasteiger partial charge on any atom is 0.0700 e. The molecule has 0 radical (unpaired) electrons. The topological polar surface area (TPSA) is 56.5 Å². The second-order valence-electron chi connectivity index (χ2n) is 3.86. The first-order valence-corrected chi connectivity index (χ1v) is 5.41. The summed E-state index contributed by atoms with van der Waals surface area (Å²) in [6.45, 7) is 2.12. The van der Waals surface area contributed by atoms with E-state index in [0.717, 1.165) is 18.9 Å². The number of hydrazine groups is 1. The summed E-state index contributed by atoms with van der Waals surface area (Å²) in [6, 6.07) is 0.436. The minimum Gasteiger partial charge on any atom is -0.382 e. The average Bonchev–Trinajstić information content (AvgIpc) is 2.12. The van der Waals surface area contributed by atoms with E-state index in [9.17, 15) is 0 Å². The maximum absolute atomic E-state index is 5.49. The molecule has 1 fully saturated rings. The van der Waals surface area contributed by atoms with Crippen molar-refractivity contribution in [2.45, 2.75) is 31.7 Å². The summed E-state index contributed by atoms with van der Waals surface area (Å²) in [6.07, 6.45) is 4.98. The molecule has 1 aliphatic rings. The van der Waals surface area contributed by atoms with E-state index in [4.69, 9.17) is 15.3 Å². The Labute approximate surface area is 86.1 Å². The molecule has 0 aliphatic heterocycles. The fourth-order valence-corrected chi connectivity index (χ4v) is 1.75. The third kappa shape index (κ3) is 3.92. The highest BCUT2D eigenvalue weighted by molar-refractivity contribution is 4.80. The van der Waals surface area contributed by atoms with Crippen LogP contribution < -0.4 is 11.3 Å². The Morgan fingerprint density at radius 1 is 1.36 bits per heavy atom. The van der Waals surface area contributed by atoms with Crippen molar-refractivity contribution in [2.75, 3.05) is 26.9 Å². The van der Waals surface area contributed by atoms with E-state index in [1.54, 1.807) is 7.11 Å². The third-order valence-electron chi connectivity index (χ3n) is 2.94. The number of hydrogen-bond donors (Lipinski definition) is 2. The molecule has 0 aromatic rings. The van der Waals surface area contributed by atoms with Crippen LogP contribution in [0.15, 0.2) is 0 Å². The lowest BCUT2D eigenvalue weighted by Gasteiger charge is -2.33. The van der Waals surface area contributed by atoms with Crippen LogP contribution in [0.25, 0.3) is 0 Å². The van der Waals surface area contributed by atoms with Crippen LogP contribution in [0.1, 0.15) is 25.7 Å². The molecule has 84 valence electrons. The van der Waals surface area contributed by atoms with Gasteiger partial charge in [0.25, 0.3) is 0 Å². The smallest absolute Gasteiger partial charge is 0.0700 e. The summed E-state index contributed by atoms with van der Waals surface area (Å²) < 4.78 is 10.3. The number of hydrogen-bond acceptors (Lipinski definition) is 4. The van der Waals surface area contributed by atoms with Crippen LogP contribution in [0.4, 0.5) is 0 Å². The first-order chi connectivity index (χ1) is 6.88. The molecule has 0 heterocycles. The quantitative estimate of drug-likeness (QED) is 0.345. The summed E-state index contributed by atoms with van der Waals surface area (Å²) >= 11 is 0. The average molecular weight is 202 g/mol. The zero-order chi connectivity index (χ0) is 10.2. The lowest BCUT2D eigenvalue weighted by molar-refractivity contribution is 0.0593. The molecule has 0 saturated heterocycles. The van der Waals surface area contributed by atoms with E-state index in [2.05, 4.69) is 5.43 Å². The lowest BCUT2D eigenvalue weighted by Crippen LogP contribution is -2.44. The van der Waals surface area contributed by atoms with Gasteiger partial charge in [0.05, 0.1) is 13.2 Å². The summed E-state index contributed by atoms with van der Waals surface area (Å²) in [4.78, 5) is 0. The zero-order valence-electron chi connectivity index (χ0n) is 9.00. The first kappa shape index (κ1) is 11.9. The molecule has 14 heavy (non-hydrogen) atoms. The molecule has 1 aliphatic carbocycles. The molecular formula is C10H22N2O2. The second kappa shape index (κ2) is 7.17. The van der Waals surface area contributed by atoms with Gasteiger partial charge in [0.2, 0.25) is 0 Å². The lowest BCUT2D eigenvalue weighted by atomic mass is 9.79. The molecule has 1 saturated carbocycles. The molecule has 0 aromatic heterocycles. The third-order valence-corrected chi connectivity index (χ3v) is 2.94. The van der Waals surface area contributed by atoms with E-state index in [1.807, 2.05) is 0 Å². The summed E-state index contributed by atoms with van der Waals surface area (Å²) in [5.41, 5.74) is 2.88. The first-order valence-electron chi connectivity index (χ1n) is 5.41. The largest absolute Gasteiger partial charge is 0.382 e. The van der Waals surface area contributed by atoms with Gasteiger partial charge >= 0.3 is 0 Å². The van der Waals surface area contributed by atoms with Gasteiger partial charge in [0.1, 0.15) is 0 Å². The van der Waals surface area contributed by atoms with Crippen molar-refractivity contribution >= 4 is 0 Å². The Morgan fingerprint density at radius 2 is 2.14 bits per heavy atom. The molecular weight excluding hydrogens is 180 g/mol. The van der Waals surface area contributed by atoms with Gasteiger partial charge in [-0.25, -0.2) is 0 Å². The fourth-order valence-electron chi connectivity index (χ4n) is 1.75. The Morgan fingerprint density at radius 3 is 2.64 bits per heavy atom. The van der Waals surface area contributed by atoms with E-state index < -0.39 is 0 Å². The fraction of sp³-hybridized carbons (Fsp3) is 1.00. The zero-order valence-corrected chi connectivity index (χ0v) is 9.00. The Hall–Kier alpha value is -0.160. The van der Waals surface area contributed by atoms with Gasteiger partial charge in [-0.15, -0.1) is 0 Å². The van der Waals surface area contributed by atoms with Gasteiger partial charge < -0.3 is 9.47 Å². The summed E-state index contributed by atoms with van der Waals surface area (Å²) in [5.74, 6) is 6.26. The normalized spacial score (nSPS) is 19.3. The van der Waals surface area contributed by atoms with Gasteiger partial charge in [-0.3, -0.25) is 11.3 Å². The highest BCUT2D eigenvalue weighted by atomic mass is 16.5. The summed E-state index contributed by atoms with van der Waals surface area (Å²) in [7, 11) is 1.68. The molecule has 0 amide bonds. The highest BCUT2D eigenvalue weighted by Gasteiger charge is 2.25. The van der Waals surface area contributed by atoms with Crippen molar-refractivity contribution in [3.63, 3.8) is 0 Å². The van der Waals surface area contributed by atoms with Crippen LogP contribution >= 0.6 is 0 Å². The number of ether oxygens (including phenoxy) is 2.